The minimum Gasteiger partial charge on any atom is -0.468 e. The van der Waals surface area contributed by atoms with Gasteiger partial charge in [-0.15, -0.1) is 0 Å². The Balaban J connectivity index is 2.07. The smallest absolute Gasteiger partial charge is 0.132 e. The van der Waals surface area contributed by atoms with Crippen molar-refractivity contribution in [2.24, 2.45) is 0 Å². The van der Waals surface area contributed by atoms with Gasteiger partial charge in [0.2, 0.25) is 0 Å². The Hall–Kier alpha value is -0.700. The van der Waals surface area contributed by atoms with Crippen LogP contribution in [-0.2, 0) is 10.5 Å². The van der Waals surface area contributed by atoms with Gasteiger partial charge in [0.05, 0.1) is 12.0 Å². The molecule has 0 saturated heterocycles. The Morgan fingerprint density at radius 2 is 2.33 bits per heavy atom. The third-order valence-corrected chi connectivity index (χ3v) is 3.38. The van der Waals surface area contributed by atoms with Crippen LogP contribution in [0.5, 0.6) is 0 Å². The summed E-state index contributed by atoms with van der Waals surface area (Å²) < 4.78 is 5.33. The van der Waals surface area contributed by atoms with E-state index in [0.29, 0.717) is 12.2 Å². The van der Waals surface area contributed by atoms with E-state index >= 15 is 0 Å². The van der Waals surface area contributed by atoms with Crippen LogP contribution in [0.3, 0.4) is 0 Å². The summed E-state index contributed by atoms with van der Waals surface area (Å²) >= 11 is 1.83. The zero-order chi connectivity index (χ0) is 11.1. The molecule has 0 fully saturated rings. The fraction of sp³-hybridized carbons (Fsp3) is 0.583. The van der Waals surface area contributed by atoms with E-state index < -0.39 is 0 Å². The number of aryl methyl sites for hydroxylation is 1. The van der Waals surface area contributed by atoms with Crippen LogP contribution in [0.25, 0.3) is 0 Å². The quantitative estimate of drug-likeness (QED) is 0.666. The van der Waals surface area contributed by atoms with Crippen molar-refractivity contribution in [1.82, 2.24) is 0 Å². The standard InChI is InChI=1S/C12H18O2S/c1-3-11(13)5-4-8-15-9-12-10(2)6-7-14-12/h6-7H,3-5,8-9H2,1-2H3. The van der Waals surface area contributed by atoms with Crippen LogP contribution >= 0.6 is 11.8 Å². The summed E-state index contributed by atoms with van der Waals surface area (Å²) in [6.07, 6.45) is 4.10. The third-order valence-electron chi connectivity index (χ3n) is 2.34. The minimum atomic E-state index is 0.366. The number of hydrogen-bond acceptors (Lipinski definition) is 3. The van der Waals surface area contributed by atoms with Gasteiger partial charge in [0.25, 0.3) is 0 Å². The number of furan rings is 1. The molecule has 3 heteroatoms. The van der Waals surface area contributed by atoms with Gasteiger partial charge in [-0.25, -0.2) is 0 Å². The normalized spacial score (nSPS) is 10.5. The van der Waals surface area contributed by atoms with Gasteiger partial charge >= 0.3 is 0 Å². The van der Waals surface area contributed by atoms with E-state index in [9.17, 15) is 4.79 Å². The first-order valence-corrected chi connectivity index (χ1v) is 6.52. The van der Waals surface area contributed by atoms with Crippen LogP contribution in [0, 0.1) is 6.92 Å². The van der Waals surface area contributed by atoms with Crippen LogP contribution in [0.2, 0.25) is 0 Å². The molecule has 1 heterocycles. The molecule has 0 saturated carbocycles. The highest BCUT2D eigenvalue weighted by molar-refractivity contribution is 7.98. The van der Waals surface area contributed by atoms with Gasteiger partial charge in [-0.3, -0.25) is 4.79 Å². The number of ketones is 1. The van der Waals surface area contributed by atoms with Crippen molar-refractivity contribution in [2.75, 3.05) is 5.75 Å². The molecular formula is C12H18O2S. The molecule has 0 radical (unpaired) electrons. The minimum absolute atomic E-state index is 0.366. The van der Waals surface area contributed by atoms with Crippen LogP contribution in [-0.4, -0.2) is 11.5 Å². The maximum atomic E-state index is 11.0. The van der Waals surface area contributed by atoms with Crippen molar-refractivity contribution >= 4 is 17.5 Å². The first-order valence-electron chi connectivity index (χ1n) is 5.36. The molecule has 0 amide bonds. The van der Waals surface area contributed by atoms with Gasteiger partial charge in [0.15, 0.2) is 0 Å². The van der Waals surface area contributed by atoms with Crippen LogP contribution in [0.15, 0.2) is 16.7 Å². The average molecular weight is 226 g/mol. The molecular weight excluding hydrogens is 208 g/mol. The monoisotopic (exact) mass is 226 g/mol. The van der Waals surface area contributed by atoms with E-state index in [1.807, 2.05) is 24.8 Å². The van der Waals surface area contributed by atoms with Crippen molar-refractivity contribution in [2.45, 2.75) is 38.9 Å². The molecule has 0 atom stereocenters. The van der Waals surface area contributed by atoms with E-state index in [4.69, 9.17) is 4.42 Å². The topological polar surface area (TPSA) is 30.2 Å². The Morgan fingerprint density at radius 1 is 1.53 bits per heavy atom. The van der Waals surface area contributed by atoms with Crippen molar-refractivity contribution < 1.29 is 9.21 Å². The number of rotatable bonds is 7. The maximum absolute atomic E-state index is 11.0. The SMILES string of the molecule is CCC(=O)CCCSCc1occc1C. The van der Waals surface area contributed by atoms with Crippen molar-refractivity contribution in [3.63, 3.8) is 0 Å². The Bertz CT molecular complexity index is 304. The van der Waals surface area contributed by atoms with Crippen LogP contribution in [0.4, 0.5) is 0 Å². The Kier molecular flexibility index (Phi) is 5.54. The maximum Gasteiger partial charge on any atom is 0.132 e. The lowest BCUT2D eigenvalue weighted by Gasteiger charge is -2.00. The first kappa shape index (κ1) is 12.4. The summed E-state index contributed by atoms with van der Waals surface area (Å²) in [5, 5.41) is 0. The molecule has 1 aromatic rings. The number of Topliss-reactive ketones (excluding diaryl/α,β-unsaturated/α-hetero) is 1. The van der Waals surface area contributed by atoms with E-state index in [-0.39, 0.29) is 0 Å². The van der Waals surface area contributed by atoms with Gasteiger partial charge in [-0.05, 0) is 30.7 Å². The highest BCUT2D eigenvalue weighted by atomic mass is 32.2. The summed E-state index contributed by atoms with van der Waals surface area (Å²) in [5.74, 6) is 3.37. The van der Waals surface area contributed by atoms with Crippen molar-refractivity contribution in [1.29, 1.82) is 0 Å². The summed E-state index contributed by atoms with van der Waals surface area (Å²) in [7, 11) is 0. The molecule has 0 aliphatic carbocycles. The zero-order valence-corrected chi connectivity index (χ0v) is 10.2. The lowest BCUT2D eigenvalue weighted by Crippen LogP contribution is -1.95. The first-order chi connectivity index (χ1) is 7.24. The van der Waals surface area contributed by atoms with Gasteiger partial charge in [-0.2, -0.15) is 11.8 Å². The van der Waals surface area contributed by atoms with Gasteiger partial charge in [0.1, 0.15) is 11.5 Å². The van der Waals surface area contributed by atoms with E-state index in [2.05, 4.69) is 6.92 Å². The van der Waals surface area contributed by atoms with Crippen molar-refractivity contribution in [3.05, 3.63) is 23.7 Å². The van der Waals surface area contributed by atoms with E-state index in [1.54, 1.807) is 6.26 Å². The van der Waals surface area contributed by atoms with E-state index in [0.717, 1.165) is 30.1 Å². The summed E-state index contributed by atoms with van der Waals surface area (Å²) in [6.45, 7) is 3.97. The average Bonchev–Trinajstić information content (AvgIpc) is 2.63. The molecule has 0 N–H and O–H groups in total. The van der Waals surface area contributed by atoms with Gasteiger partial charge < -0.3 is 4.42 Å². The highest BCUT2D eigenvalue weighted by Gasteiger charge is 2.02. The second-order valence-corrected chi connectivity index (χ2v) is 4.68. The number of thioether (sulfide) groups is 1. The lowest BCUT2D eigenvalue weighted by atomic mass is 10.2. The second-order valence-electron chi connectivity index (χ2n) is 3.58. The molecule has 0 aromatic carbocycles. The predicted molar refractivity (Wildman–Crippen MR) is 64.1 cm³/mol. The molecule has 0 unspecified atom stereocenters. The highest BCUT2D eigenvalue weighted by Crippen LogP contribution is 2.17. The predicted octanol–water partition coefficient (Wildman–Crippen LogP) is 3.58. The third kappa shape index (κ3) is 4.56. The summed E-state index contributed by atoms with van der Waals surface area (Å²) in [5.41, 5.74) is 1.21. The molecule has 15 heavy (non-hydrogen) atoms. The summed E-state index contributed by atoms with van der Waals surface area (Å²) in [4.78, 5) is 11.0. The molecule has 84 valence electrons. The molecule has 0 bridgehead atoms. The lowest BCUT2D eigenvalue weighted by molar-refractivity contribution is -0.118. The molecule has 1 aromatic heterocycles. The molecule has 2 nitrogen and oxygen atoms in total. The molecule has 0 aliphatic rings. The van der Waals surface area contributed by atoms with Crippen LogP contribution < -0.4 is 0 Å². The van der Waals surface area contributed by atoms with Gasteiger partial charge in [0, 0.05) is 12.8 Å². The van der Waals surface area contributed by atoms with Gasteiger partial charge in [-0.1, -0.05) is 6.92 Å². The molecule has 0 spiro atoms. The number of carbonyl (C=O) groups is 1. The number of carbonyl (C=O) groups excluding carboxylic acids is 1. The van der Waals surface area contributed by atoms with Crippen LogP contribution in [0.1, 0.15) is 37.5 Å². The Morgan fingerprint density at radius 3 is 2.93 bits per heavy atom. The largest absolute Gasteiger partial charge is 0.468 e. The van der Waals surface area contributed by atoms with E-state index in [1.165, 1.54) is 5.56 Å². The zero-order valence-electron chi connectivity index (χ0n) is 9.41. The van der Waals surface area contributed by atoms with Crippen molar-refractivity contribution in [3.8, 4) is 0 Å². The second kappa shape index (κ2) is 6.72. The molecule has 0 aliphatic heterocycles. The fourth-order valence-electron chi connectivity index (χ4n) is 1.27. The Labute approximate surface area is 95.4 Å². The number of hydrogen-bond donors (Lipinski definition) is 0. The summed E-state index contributed by atoms with van der Waals surface area (Å²) in [6, 6.07) is 1.98. The fourth-order valence-corrected chi connectivity index (χ4v) is 2.24. The molecule has 1 rings (SSSR count).